The third-order valence-electron chi connectivity index (χ3n) is 3.86. The molecule has 1 aliphatic heterocycles. The number of hydrogen-bond acceptors (Lipinski definition) is 2. The van der Waals surface area contributed by atoms with E-state index in [1.165, 1.54) is 36.4 Å². The number of nitrogens with zero attached hydrogens (tertiary/aromatic N) is 2. The van der Waals surface area contributed by atoms with Crippen LogP contribution in [0.15, 0.2) is 24.3 Å². The summed E-state index contributed by atoms with van der Waals surface area (Å²) < 4.78 is 15.0. The number of fused-ring (bicyclic) bond motifs is 1. The monoisotopic (exact) mass is 273 g/mol. The molecule has 0 saturated heterocycles. The maximum Gasteiger partial charge on any atom is 0.127 e. The first-order valence-corrected chi connectivity index (χ1v) is 7.35. The molecule has 3 rings (SSSR count). The molecule has 1 aromatic heterocycles. The molecule has 0 radical (unpaired) electrons. The number of hydrogen-bond donors (Lipinski definition) is 1. The van der Waals surface area contributed by atoms with Gasteiger partial charge in [-0.1, -0.05) is 12.1 Å². The summed E-state index contributed by atoms with van der Waals surface area (Å²) in [6.07, 6.45) is 4.26. The molecular formula is C16H20FN3. The van der Waals surface area contributed by atoms with Crippen LogP contribution < -0.4 is 5.32 Å². The van der Waals surface area contributed by atoms with Crippen molar-refractivity contribution < 1.29 is 4.39 Å². The van der Waals surface area contributed by atoms with Crippen molar-refractivity contribution in [3.05, 3.63) is 46.9 Å². The number of anilines is 1. The number of aryl methyl sites for hydroxylation is 1. The zero-order valence-electron chi connectivity index (χ0n) is 11.8. The molecule has 1 aromatic carbocycles. The van der Waals surface area contributed by atoms with Crippen LogP contribution in [0.1, 0.15) is 36.6 Å². The fraction of sp³-hybridized carbons (Fsp3) is 0.438. The average molecular weight is 273 g/mol. The van der Waals surface area contributed by atoms with Crippen molar-refractivity contribution in [2.24, 2.45) is 0 Å². The smallest absolute Gasteiger partial charge is 0.127 e. The molecule has 106 valence electrons. The Morgan fingerprint density at radius 2 is 2.05 bits per heavy atom. The molecule has 0 aliphatic carbocycles. The highest BCUT2D eigenvalue weighted by Gasteiger charge is 2.18. The topological polar surface area (TPSA) is 29.9 Å². The van der Waals surface area contributed by atoms with Gasteiger partial charge in [0.05, 0.1) is 5.69 Å². The van der Waals surface area contributed by atoms with Gasteiger partial charge in [-0.3, -0.25) is 0 Å². The summed E-state index contributed by atoms with van der Waals surface area (Å²) in [5.74, 6) is 0.996. The summed E-state index contributed by atoms with van der Waals surface area (Å²) in [5, 5.41) is 8.23. The molecule has 1 aliphatic rings. The minimum atomic E-state index is -0.187. The Morgan fingerprint density at radius 1 is 1.25 bits per heavy atom. The van der Waals surface area contributed by atoms with Crippen molar-refractivity contribution in [3.8, 4) is 0 Å². The van der Waals surface area contributed by atoms with E-state index in [-0.39, 0.29) is 5.82 Å². The van der Waals surface area contributed by atoms with Crippen LogP contribution in [-0.2, 0) is 19.4 Å². The predicted molar refractivity (Wildman–Crippen MR) is 78.5 cm³/mol. The second-order valence-electron chi connectivity index (χ2n) is 5.28. The molecule has 3 nitrogen and oxygen atoms in total. The maximum atomic E-state index is 13.0. The summed E-state index contributed by atoms with van der Waals surface area (Å²) in [7, 11) is 0. The molecule has 2 aromatic rings. The van der Waals surface area contributed by atoms with Crippen LogP contribution in [0.2, 0.25) is 0 Å². The quantitative estimate of drug-likeness (QED) is 0.929. The second kappa shape index (κ2) is 5.65. The summed E-state index contributed by atoms with van der Waals surface area (Å²) in [4.78, 5) is 0. The lowest BCUT2D eigenvalue weighted by Crippen LogP contribution is -2.07. The lowest BCUT2D eigenvalue weighted by Gasteiger charge is -2.06. The average Bonchev–Trinajstić information content (AvgIpc) is 2.64. The molecule has 0 bridgehead atoms. The summed E-state index contributed by atoms with van der Waals surface area (Å²) in [5.41, 5.74) is 3.58. The summed E-state index contributed by atoms with van der Waals surface area (Å²) in [6.45, 7) is 4.01. The Morgan fingerprint density at radius 3 is 2.80 bits per heavy atom. The van der Waals surface area contributed by atoms with Gasteiger partial charge in [-0.15, -0.1) is 0 Å². The van der Waals surface area contributed by atoms with Gasteiger partial charge >= 0.3 is 0 Å². The van der Waals surface area contributed by atoms with Gasteiger partial charge in [0.1, 0.15) is 11.6 Å². The molecule has 20 heavy (non-hydrogen) atoms. The van der Waals surface area contributed by atoms with E-state index in [1.807, 2.05) is 12.1 Å². The Labute approximate surface area is 118 Å². The molecule has 2 heterocycles. The van der Waals surface area contributed by atoms with Crippen LogP contribution in [0.5, 0.6) is 0 Å². The van der Waals surface area contributed by atoms with Crippen LogP contribution >= 0.6 is 0 Å². The lowest BCUT2D eigenvalue weighted by molar-refractivity contribution is 0.626. The van der Waals surface area contributed by atoms with E-state index < -0.39 is 0 Å². The third kappa shape index (κ3) is 2.55. The maximum absolute atomic E-state index is 13.0. The van der Waals surface area contributed by atoms with Crippen LogP contribution in [0, 0.1) is 5.82 Å². The van der Waals surface area contributed by atoms with Crippen LogP contribution in [-0.4, -0.2) is 16.3 Å². The second-order valence-corrected chi connectivity index (χ2v) is 5.28. The molecule has 0 spiro atoms. The van der Waals surface area contributed by atoms with Crippen LogP contribution in [0.4, 0.5) is 10.2 Å². The fourth-order valence-electron chi connectivity index (χ4n) is 2.81. The molecule has 0 fully saturated rings. The van der Waals surface area contributed by atoms with Gasteiger partial charge in [0.15, 0.2) is 0 Å². The van der Waals surface area contributed by atoms with Gasteiger partial charge < -0.3 is 5.32 Å². The molecule has 4 heteroatoms. The highest BCUT2D eigenvalue weighted by Crippen LogP contribution is 2.26. The summed E-state index contributed by atoms with van der Waals surface area (Å²) in [6, 6.07) is 6.72. The first-order valence-electron chi connectivity index (χ1n) is 7.35. The first-order chi connectivity index (χ1) is 9.78. The van der Waals surface area contributed by atoms with Gasteiger partial charge in [-0.2, -0.15) is 5.10 Å². The van der Waals surface area contributed by atoms with E-state index in [1.54, 1.807) is 0 Å². The molecule has 1 N–H and O–H groups in total. The van der Waals surface area contributed by atoms with Crippen LogP contribution in [0.3, 0.4) is 0 Å². The predicted octanol–water partition coefficient (Wildman–Crippen LogP) is 3.38. The lowest BCUT2D eigenvalue weighted by atomic mass is 10.0. The van der Waals surface area contributed by atoms with Gasteiger partial charge in [-0.05, 0) is 43.9 Å². The van der Waals surface area contributed by atoms with Crippen molar-refractivity contribution in [2.75, 3.05) is 11.9 Å². The van der Waals surface area contributed by atoms with E-state index in [9.17, 15) is 4.39 Å². The Bertz CT molecular complexity index is 587. The molecule has 0 amide bonds. The van der Waals surface area contributed by atoms with E-state index >= 15 is 0 Å². The molecule has 0 unspecified atom stereocenters. The van der Waals surface area contributed by atoms with Gasteiger partial charge in [0.25, 0.3) is 0 Å². The van der Waals surface area contributed by atoms with E-state index in [0.29, 0.717) is 0 Å². The van der Waals surface area contributed by atoms with Gasteiger partial charge in [0.2, 0.25) is 0 Å². The largest absolute Gasteiger partial charge is 0.370 e. The van der Waals surface area contributed by atoms with Crippen molar-refractivity contribution in [1.29, 1.82) is 0 Å². The zero-order valence-corrected chi connectivity index (χ0v) is 11.8. The zero-order chi connectivity index (χ0) is 13.9. The standard InChI is InChI=1S/C16H20FN3/c1-2-20-16-14(5-3-4-10-18-16)15(19-20)11-12-6-8-13(17)9-7-12/h6-9,18H,2-5,10-11H2,1H3. The Balaban J connectivity index is 1.92. The highest BCUT2D eigenvalue weighted by molar-refractivity contribution is 5.50. The molecule has 0 saturated carbocycles. The van der Waals surface area contributed by atoms with Crippen molar-refractivity contribution in [2.45, 2.75) is 39.2 Å². The molecular weight excluding hydrogens is 253 g/mol. The van der Waals surface area contributed by atoms with Gasteiger partial charge in [0, 0.05) is 25.1 Å². The number of benzene rings is 1. The minimum absolute atomic E-state index is 0.187. The van der Waals surface area contributed by atoms with Crippen molar-refractivity contribution >= 4 is 5.82 Å². The van der Waals surface area contributed by atoms with Crippen molar-refractivity contribution in [1.82, 2.24) is 9.78 Å². The fourth-order valence-corrected chi connectivity index (χ4v) is 2.81. The number of rotatable bonds is 3. The van der Waals surface area contributed by atoms with Gasteiger partial charge in [-0.25, -0.2) is 9.07 Å². The highest BCUT2D eigenvalue weighted by atomic mass is 19.1. The number of halogens is 1. The Kier molecular flexibility index (Phi) is 3.72. The summed E-state index contributed by atoms with van der Waals surface area (Å²) >= 11 is 0. The van der Waals surface area contributed by atoms with E-state index in [0.717, 1.165) is 37.2 Å². The minimum Gasteiger partial charge on any atom is -0.370 e. The number of aromatic nitrogens is 2. The third-order valence-corrected chi connectivity index (χ3v) is 3.86. The SMILES string of the molecule is CCn1nc(Cc2ccc(F)cc2)c2c1NCCCC2. The Hall–Kier alpha value is -1.84. The normalized spacial score (nSPS) is 14.5. The van der Waals surface area contributed by atoms with Crippen molar-refractivity contribution in [3.63, 3.8) is 0 Å². The van der Waals surface area contributed by atoms with Crippen LogP contribution in [0.25, 0.3) is 0 Å². The van der Waals surface area contributed by atoms with E-state index in [2.05, 4.69) is 16.9 Å². The van der Waals surface area contributed by atoms with E-state index in [4.69, 9.17) is 5.10 Å². The number of nitrogens with one attached hydrogen (secondary N) is 1. The molecule has 0 atom stereocenters. The first kappa shape index (κ1) is 13.2.